The molecule has 0 fully saturated rings. The van der Waals surface area contributed by atoms with Crippen molar-refractivity contribution in [3.63, 3.8) is 0 Å². The first-order chi connectivity index (χ1) is 17.5. The number of amides is 1. The summed E-state index contributed by atoms with van der Waals surface area (Å²) in [4.78, 5) is 30.5. The number of nitrogens with one attached hydrogen (secondary N) is 3. The maximum atomic E-state index is 12.2. The van der Waals surface area contributed by atoms with E-state index in [4.69, 9.17) is 4.98 Å². The third kappa shape index (κ3) is 4.14. The summed E-state index contributed by atoms with van der Waals surface area (Å²) in [6.45, 7) is 4.03. The van der Waals surface area contributed by atoms with Crippen LogP contribution in [-0.4, -0.2) is 36.0 Å². The van der Waals surface area contributed by atoms with Gasteiger partial charge < -0.3 is 10.3 Å². The Morgan fingerprint density at radius 3 is 2.78 bits per heavy atom. The van der Waals surface area contributed by atoms with Crippen LogP contribution in [0.3, 0.4) is 0 Å². The van der Waals surface area contributed by atoms with Crippen molar-refractivity contribution in [2.75, 3.05) is 5.32 Å². The molecule has 0 aliphatic carbocycles. The molecule has 6 heterocycles. The summed E-state index contributed by atoms with van der Waals surface area (Å²) >= 11 is 1.69. The molecule has 0 aliphatic rings. The quantitative estimate of drug-likeness (QED) is 0.253. The average molecular weight is 494 g/mol. The molecule has 0 spiro atoms. The molecule has 6 aromatic heterocycles. The van der Waals surface area contributed by atoms with E-state index in [1.165, 1.54) is 4.88 Å². The van der Waals surface area contributed by atoms with Crippen LogP contribution in [0.1, 0.15) is 20.3 Å². The van der Waals surface area contributed by atoms with Gasteiger partial charge in [0.2, 0.25) is 5.91 Å². The molecule has 8 nitrogen and oxygen atoms in total. The van der Waals surface area contributed by atoms with Crippen molar-refractivity contribution in [2.24, 2.45) is 5.92 Å². The minimum atomic E-state index is -0.0281. The van der Waals surface area contributed by atoms with Crippen LogP contribution in [-0.2, 0) is 4.79 Å². The number of H-pyrrole nitrogens is 2. The van der Waals surface area contributed by atoms with Crippen molar-refractivity contribution in [3.05, 3.63) is 66.6 Å². The summed E-state index contributed by atoms with van der Waals surface area (Å²) in [5, 5.41) is 13.7. The molecule has 0 radical (unpaired) electrons. The zero-order chi connectivity index (χ0) is 24.6. The lowest BCUT2D eigenvalue weighted by molar-refractivity contribution is -0.116. The van der Waals surface area contributed by atoms with Crippen LogP contribution in [0.4, 0.5) is 5.69 Å². The number of hydrogen-bond acceptors (Lipinski definition) is 6. The van der Waals surface area contributed by atoms with Crippen LogP contribution in [0, 0.1) is 5.92 Å². The van der Waals surface area contributed by atoms with Crippen LogP contribution in [0.25, 0.3) is 55.0 Å². The van der Waals surface area contributed by atoms with E-state index in [9.17, 15) is 4.79 Å². The van der Waals surface area contributed by atoms with Gasteiger partial charge in [-0.05, 0) is 41.6 Å². The third-order valence-corrected chi connectivity index (χ3v) is 6.81. The van der Waals surface area contributed by atoms with Gasteiger partial charge in [-0.25, -0.2) is 4.98 Å². The average Bonchev–Trinajstić information content (AvgIpc) is 3.62. The molecule has 0 saturated heterocycles. The number of aromatic nitrogens is 6. The number of carbonyl (C=O) groups is 1. The Morgan fingerprint density at radius 2 is 1.94 bits per heavy atom. The Morgan fingerprint density at radius 1 is 1.06 bits per heavy atom. The van der Waals surface area contributed by atoms with Crippen molar-refractivity contribution in [2.45, 2.75) is 20.3 Å². The van der Waals surface area contributed by atoms with Crippen molar-refractivity contribution >= 4 is 44.9 Å². The van der Waals surface area contributed by atoms with Gasteiger partial charge in [0.15, 0.2) is 0 Å². The van der Waals surface area contributed by atoms with Crippen LogP contribution < -0.4 is 5.32 Å². The number of anilines is 1. The first-order valence-electron chi connectivity index (χ1n) is 11.7. The van der Waals surface area contributed by atoms with Gasteiger partial charge >= 0.3 is 0 Å². The van der Waals surface area contributed by atoms with Gasteiger partial charge in [-0.15, -0.1) is 11.3 Å². The molecule has 0 bridgehead atoms. The summed E-state index contributed by atoms with van der Waals surface area (Å²) in [7, 11) is 0. The summed E-state index contributed by atoms with van der Waals surface area (Å²) in [5.41, 5.74) is 7.41. The van der Waals surface area contributed by atoms with Gasteiger partial charge in [-0.1, -0.05) is 19.9 Å². The minimum absolute atomic E-state index is 0.0281. The molecule has 36 heavy (non-hydrogen) atoms. The fourth-order valence-electron chi connectivity index (χ4n) is 4.29. The summed E-state index contributed by atoms with van der Waals surface area (Å²) < 4.78 is 0. The topological polar surface area (TPSA) is 112 Å². The van der Waals surface area contributed by atoms with E-state index in [0.29, 0.717) is 12.1 Å². The smallest absolute Gasteiger partial charge is 0.224 e. The van der Waals surface area contributed by atoms with Crippen LogP contribution in [0.5, 0.6) is 0 Å². The highest BCUT2D eigenvalue weighted by Crippen LogP contribution is 2.35. The van der Waals surface area contributed by atoms with Gasteiger partial charge in [-0.2, -0.15) is 5.10 Å². The van der Waals surface area contributed by atoms with E-state index >= 15 is 0 Å². The maximum absolute atomic E-state index is 12.2. The molecule has 178 valence electrons. The number of pyridine rings is 3. The Hall–Kier alpha value is -4.37. The van der Waals surface area contributed by atoms with Crippen molar-refractivity contribution in [3.8, 4) is 33.1 Å². The van der Waals surface area contributed by atoms with E-state index in [-0.39, 0.29) is 11.8 Å². The van der Waals surface area contributed by atoms with E-state index < -0.39 is 0 Å². The van der Waals surface area contributed by atoms with Gasteiger partial charge in [-0.3, -0.25) is 19.9 Å². The normalized spacial score (nSPS) is 11.5. The number of rotatable bonds is 6. The number of carbonyl (C=O) groups excluding carboxylic acids is 1. The molecule has 6 aromatic rings. The molecule has 0 atom stereocenters. The lowest BCUT2D eigenvalue weighted by Gasteiger charge is -2.08. The van der Waals surface area contributed by atoms with Gasteiger partial charge in [0.05, 0.1) is 40.5 Å². The summed E-state index contributed by atoms with van der Waals surface area (Å²) in [5.74, 6) is 0.256. The molecule has 3 N–H and O–H groups in total. The van der Waals surface area contributed by atoms with E-state index in [2.05, 4.69) is 48.0 Å². The molecular weight excluding hydrogens is 470 g/mol. The molecule has 0 unspecified atom stereocenters. The third-order valence-electron chi connectivity index (χ3n) is 5.91. The van der Waals surface area contributed by atoms with E-state index in [1.54, 1.807) is 23.7 Å². The summed E-state index contributed by atoms with van der Waals surface area (Å²) in [6, 6.07) is 12.0. The minimum Gasteiger partial charge on any atom is -0.352 e. The molecule has 1 amide bonds. The number of nitrogens with zero attached hydrogens (tertiary/aromatic N) is 4. The fourth-order valence-corrected chi connectivity index (χ4v) is 5.04. The Balaban J connectivity index is 1.38. The van der Waals surface area contributed by atoms with Gasteiger partial charge in [0.25, 0.3) is 0 Å². The monoisotopic (exact) mass is 493 g/mol. The molecule has 6 rings (SSSR count). The van der Waals surface area contributed by atoms with E-state index in [0.717, 1.165) is 50.1 Å². The summed E-state index contributed by atoms with van der Waals surface area (Å²) in [6.07, 6.45) is 7.57. The molecule has 9 heteroatoms. The van der Waals surface area contributed by atoms with Crippen molar-refractivity contribution in [1.82, 2.24) is 30.1 Å². The van der Waals surface area contributed by atoms with E-state index in [1.807, 2.05) is 50.5 Å². The Kier molecular flexibility index (Phi) is 5.54. The van der Waals surface area contributed by atoms with Gasteiger partial charge in [0.1, 0.15) is 11.2 Å². The maximum Gasteiger partial charge on any atom is 0.224 e. The SMILES string of the molecule is CC(C)CC(=O)Nc1cncc(-c2ccc3[nH]nc(-c4cc5c(-c6cccs6)cncc5[nH]4)c3n2)c1. The number of thiophene rings is 1. The fraction of sp³-hybridized carbons (Fsp3) is 0.148. The predicted molar refractivity (Wildman–Crippen MR) is 144 cm³/mol. The lowest BCUT2D eigenvalue weighted by atomic mass is 10.1. The van der Waals surface area contributed by atoms with Crippen molar-refractivity contribution < 1.29 is 4.79 Å². The van der Waals surface area contributed by atoms with Crippen LogP contribution in [0.2, 0.25) is 0 Å². The second-order valence-corrected chi connectivity index (χ2v) is 10.0. The highest BCUT2D eigenvalue weighted by atomic mass is 32.1. The second kappa shape index (κ2) is 9.01. The zero-order valence-corrected chi connectivity index (χ0v) is 20.6. The molecular formula is C27H23N7OS. The Labute approximate surface area is 210 Å². The predicted octanol–water partition coefficient (Wildman–Crippen LogP) is 6.28. The Bertz CT molecular complexity index is 1700. The largest absolute Gasteiger partial charge is 0.352 e. The molecule has 0 aromatic carbocycles. The highest BCUT2D eigenvalue weighted by molar-refractivity contribution is 7.13. The number of fused-ring (bicyclic) bond motifs is 2. The highest BCUT2D eigenvalue weighted by Gasteiger charge is 2.16. The van der Waals surface area contributed by atoms with Crippen LogP contribution in [0.15, 0.2) is 66.6 Å². The van der Waals surface area contributed by atoms with Crippen molar-refractivity contribution in [1.29, 1.82) is 0 Å². The first-order valence-corrected chi connectivity index (χ1v) is 12.5. The number of aromatic amines is 2. The lowest BCUT2D eigenvalue weighted by Crippen LogP contribution is -2.13. The van der Waals surface area contributed by atoms with Gasteiger partial charge in [0, 0.05) is 40.2 Å². The number of hydrogen-bond donors (Lipinski definition) is 3. The molecule has 0 saturated carbocycles. The van der Waals surface area contributed by atoms with Crippen LogP contribution >= 0.6 is 11.3 Å². The zero-order valence-electron chi connectivity index (χ0n) is 19.7. The standard InChI is InChI=1S/C27H23N7OS/c1-15(2)8-25(35)30-17-9-16(11-28-12-17)20-5-6-21-26(32-20)27(34-33-21)22-10-18-19(24-4-3-7-36-24)13-29-14-23(18)31-22/h3-7,9-15,31H,8H2,1-2H3,(H,30,35)(H,33,34). The second-order valence-electron chi connectivity index (χ2n) is 9.08. The molecule has 0 aliphatic heterocycles. The first kappa shape index (κ1) is 22.1.